The molecular formula is C24H19N5O2S. The maximum Gasteiger partial charge on any atom is 0.259 e. The van der Waals surface area contributed by atoms with Crippen molar-refractivity contribution < 1.29 is 4.79 Å². The van der Waals surface area contributed by atoms with Crippen molar-refractivity contribution >= 4 is 40.1 Å². The number of carbonyl (C=O) groups is 1. The van der Waals surface area contributed by atoms with Crippen LogP contribution in [0.15, 0.2) is 77.6 Å². The topological polar surface area (TPSA) is 95.6 Å². The lowest BCUT2D eigenvalue weighted by molar-refractivity contribution is 0.0941. The van der Waals surface area contributed by atoms with Gasteiger partial charge in [-0.25, -0.2) is 4.98 Å². The molecule has 2 heterocycles. The molecule has 3 N–H and O–H groups in total. The maximum absolute atomic E-state index is 13.3. The summed E-state index contributed by atoms with van der Waals surface area (Å²) in [4.78, 5) is 35.6. The van der Waals surface area contributed by atoms with E-state index in [2.05, 4.69) is 15.3 Å². The standard InChI is InChI=1S/C24H19N5O2S/c1-29-19-10-6-5-9-17(19)25-21(29)20(14-7-3-2-4-8-14)27-22(30)15-11-12-16-18(13-15)26-24(32)28-23(16)31/h2-13,20H,1H3,(H,27,30)(H2,26,28,31,32). The van der Waals surface area contributed by atoms with E-state index in [1.807, 2.05) is 66.2 Å². The third-order valence-electron chi connectivity index (χ3n) is 5.49. The summed E-state index contributed by atoms with van der Waals surface area (Å²) >= 11 is 5.06. The minimum Gasteiger partial charge on any atom is -0.338 e. The smallest absolute Gasteiger partial charge is 0.259 e. The zero-order valence-corrected chi connectivity index (χ0v) is 17.9. The number of aryl methyl sites for hydroxylation is 1. The van der Waals surface area contributed by atoms with Gasteiger partial charge in [-0.1, -0.05) is 42.5 Å². The number of nitrogens with one attached hydrogen (secondary N) is 3. The summed E-state index contributed by atoms with van der Waals surface area (Å²) in [5.41, 5.74) is 3.38. The van der Waals surface area contributed by atoms with Crippen LogP contribution in [0.25, 0.3) is 21.9 Å². The number of hydrogen-bond donors (Lipinski definition) is 3. The Morgan fingerprint density at radius 3 is 2.56 bits per heavy atom. The van der Waals surface area contributed by atoms with Gasteiger partial charge in [0.15, 0.2) is 4.77 Å². The number of aromatic amines is 2. The molecule has 0 aliphatic carbocycles. The molecule has 0 fully saturated rings. The van der Waals surface area contributed by atoms with Crippen molar-refractivity contribution in [3.63, 3.8) is 0 Å². The third kappa shape index (κ3) is 3.50. The zero-order chi connectivity index (χ0) is 22.2. The second-order valence-electron chi connectivity index (χ2n) is 7.50. The van der Waals surface area contributed by atoms with Crippen molar-refractivity contribution in [3.8, 4) is 0 Å². The summed E-state index contributed by atoms with van der Waals surface area (Å²) in [6.07, 6.45) is 0. The molecule has 1 amide bonds. The van der Waals surface area contributed by atoms with Crippen LogP contribution in [0.3, 0.4) is 0 Å². The van der Waals surface area contributed by atoms with E-state index in [1.165, 1.54) is 0 Å². The van der Waals surface area contributed by atoms with Gasteiger partial charge in [-0.3, -0.25) is 14.6 Å². The van der Waals surface area contributed by atoms with Crippen molar-refractivity contribution in [3.05, 3.63) is 105 Å². The van der Waals surface area contributed by atoms with Gasteiger partial charge in [0.1, 0.15) is 11.9 Å². The first-order chi connectivity index (χ1) is 15.5. The van der Waals surface area contributed by atoms with Gasteiger partial charge in [0, 0.05) is 12.6 Å². The molecule has 5 rings (SSSR count). The van der Waals surface area contributed by atoms with E-state index in [9.17, 15) is 9.59 Å². The Morgan fingerprint density at radius 2 is 1.78 bits per heavy atom. The number of imidazole rings is 1. The van der Waals surface area contributed by atoms with Crippen LogP contribution < -0.4 is 10.9 Å². The van der Waals surface area contributed by atoms with Gasteiger partial charge in [-0.05, 0) is 48.1 Å². The monoisotopic (exact) mass is 441 g/mol. The molecule has 0 aliphatic rings. The van der Waals surface area contributed by atoms with Crippen LogP contribution in [0.1, 0.15) is 27.8 Å². The second kappa shape index (κ2) is 7.90. The maximum atomic E-state index is 13.3. The highest BCUT2D eigenvalue weighted by molar-refractivity contribution is 7.71. The summed E-state index contributed by atoms with van der Waals surface area (Å²) in [5.74, 6) is 0.440. The van der Waals surface area contributed by atoms with Gasteiger partial charge in [-0.15, -0.1) is 0 Å². The van der Waals surface area contributed by atoms with Crippen LogP contribution in [-0.2, 0) is 7.05 Å². The van der Waals surface area contributed by atoms with Crippen LogP contribution in [0.5, 0.6) is 0 Å². The lowest BCUT2D eigenvalue weighted by atomic mass is 10.0. The second-order valence-corrected chi connectivity index (χ2v) is 7.91. The molecule has 1 unspecified atom stereocenters. The van der Waals surface area contributed by atoms with Gasteiger partial charge >= 0.3 is 0 Å². The molecule has 32 heavy (non-hydrogen) atoms. The van der Waals surface area contributed by atoms with E-state index in [0.29, 0.717) is 16.5 Å². The molecule has 0 spiro atoms. The molecule has 2 aromatic heterocycles. The van der Waals surface area contributed by atoms with E-state index in [0.717, 1.165) is 22.4 Å². The van der Waals surface area contributed by atoms with E-state index in [1.54, 1.807) is 18.2 Å². The molecule has 7 nitrogen and oxygen atoms in total. The molecule has 8 heteroatoms. The molecule has 158 valence electrons. The van der Waals surface area contributed by atoms with Gasteiger partial charge in [-0.2, -0.15) is 0 Å². The minimum atomic E-state index is -0.463. The van der Waals surface area contributed by atoms with Crippen LogP contribution in [0.4, 0.5) is 0 Å². The molecule has 0 aliphatic heterocycles. The van der Waals surface area contributed by atoms with Gasteiger partial charge < -0.3 is 14.9 Å². The summed E-state index contributed by atoms with van der Waals surface area (Å²) in [5, 5.41) is 3.55. The van der Waals surface area contributed by atoms with Crippen molar-refractivity contribution in [2.24, 2.45) is 7.05 Å². The molecule has 3 aromatic carbocycles. The number of hydrogen-bond acceptors (Lipinski definition) is 4. The quantitative estimate of drug-likeness (QED) is 0.368. The Kier molecular flexibility index (Phi) is 4.91. The molecule has 5 aromatic rings. The van der Waals surface area contributed by atoms with Crippen LogP contribution in [0.2, 0.25) is 0 Å². The molecular weight excluding hydrogens is 422 g/mol. The highest BCUT2D eigenvalue weighted by Crippen LogP contribution is 2.25. The molecule has 0 saturated heterocycles. The lowest BCUT2D eigenvalue weighted by Gasteiger charge is -2.19. The highest BCUT2D eigenvalue weighted by atomic mass is 32.1. The Bertz CT molecular complexity index is 1580. The van der Waals surface area contributed by atoms with E-state index < -0.39 is 6.04 Å². The Labute approximate surface area is 187 Å². The van der Waals surface area contributed by atoms with Crippen LogP contribution >= 0.6 is 12.2 Å². The lowest BCUT2D eigenvalue weighted by Crippen LogP contribution is -2.31. The fraction of sp³-hybridized carbons (Fsp3) is 0.0833. The number of carbonyl (C=O) groups excluding carboxylic acids is 1. The molecule has 0 saturated carbocycles. The average molecular weight is 442 g/mol. The number of benzene rings is 3. The van der Waals surface area contributed by atoms with Gasteiger partial charge in [0.05, 0.1) is 21.9 Å². The summed E-state index contributed by atoms with van der Waals surface area (Å²) < 4.78 is 2.20. The predicted molar refractivity (Wildman–Crippen MR) is 126 cm³/mol. The fourth-order valence-corrected chi connectivity index (χ4v) is 4.09. The fourth-order valence-electron chi connectivity index (χ4n) is 3.89. The number of nitrogens with zero attached hydrogens (tertiary/aromatic N) is 2. The number of para-hydroxylation sites is 2. The van der Waals surface area contributed by atoms with E-state index in [4.69, 9.17) is 17.2 Å². The Morgan fingerprint density at radius 1 is 1.03 bits per heavy atom. The number of rotatable bonds is 4. The third-order valence-corrected chi connectivity index (χ3v) is 5.69. The highest BCUT2D eigenvalue weighted by Gasteiger charge is 2.23. The summed E-state index contributed by atoms with van der Waals surface area (Å²) in [6.45, 7) is 0. The molecule has 0 radical (unpaired) electrons. The number of aromatic nitrogens is 4. The molecule has 0 bridgehead atoms. The summed E-state index contributed by atoms with van der Waals surface area (Å²) in [6, 6.07) is 22.0. The minimum absolute atomic E-state index is 0.210. The Hall–Kier alpha value is -4.04. The predicted octanol–water partition coefficient (Wildman–Crippen LogP) is 3.99. The van der Waals surface area contributed by atoms with Crippen molar-refractivity contribution in [1.82, 2.24) is 24.8 Å². The van der Waals surface area contributed by atoms with Crippen molar-refractivity contribution in [2.75, 3.05) is 0 Å². The first-order valence-corrected chi connectivity index (χ1v) is 10.5. The average Bonchev–Trinajstić information content (AvgIpc) is 3.13. The largest absolute Gasteiger partial charge is 0.338 e. The zero-order valence-electron chi connectivity index (χ0n) is 17.1. The van der Waals surface area contributed by atoms with Gasteiger partial charge in [0.2, 0.25) is 0 Å². The molecule has 1 atom stereocenters. The van der Waals surface area contributed by atoms with Crippen molar-refractivity contribution in [2.45, 2.75) is 6.04 Å². The first-order valence-electron chi connectivity index (χ1n) is 10.0. The van der Waals surface area contributed by atoms with E-state index >= 15 is 0 Å². The summed E-state index contributed by atoms with van der Waals surface area (Å²) in [7, 11) is 1.94. The van der Waals surface area contributed by atoms with Crippen molar-refractivity contribution in [1.29, 1.82) is 0 Å². The van der Waals surface area contributed by atoms with Crippen LogP contribution in [0, 0.1) is 4.77 Å². The number of H-pyrrole nitrogens is 2. The van der Waals surface area contributed by atoms with E-state index in [-0.39, 0.29) is 16.2 Å². The SMILES string of the molecule is Cn1c(C(NC(=O)c2ccc3c(=O)[nH]c(=S)[nH]c3c2)c2ccccc2)nc2ccccc21. The van der Waals surface area contributed by atoms with Gasteiger partial charge in [0.25, 0.3) is 11.5 Å². The Balaban J connectivity index is 1.58. The van der Waals surface area contributed by atoms with Crippen LogP contribution in [-0.4, -0.2) is 25.4 Å². The first kappa shape index (κ1) is 19.9. The normalized spacial score (nSPS) is 12.2. The number of amides is 1. The number of fused-ring (bicyclic) bond motifs is 2.